The maximum absolute atomic E-state index is 12.1. The van der Waals surface area contributed by atoms with E-state index in [-0.39, 0.29) is 21.4 Å². The van der Waals surface area contributed by atoms with Gasteiger partial charge in [-0.2, -0.15) is 0 Å². The van der Waals surface area contributed by atoms with Gasteiger partial charge in [0.15, 0.2) is 5.00 Å². The van der Waals surface area contributed by atoms with E-state index < -0.39 is 14.9 Å². The smallest absolute Gasteiger partial charge is 0.306 e. The van der Waals surface area contributed by atoms with Crippen molar-refractivity contribution < 1.29 is 18.1 Å². The molecule has 21 heavy (non-hydrogen) atoms. The van der Waals surface area contributed by atoms with Crippen molar-refractivity contribution in [2.75, 3.05) is 25.2 Å². The minimum Gasteiger partial charge on any atom is -0.381 e. The summed E-state index contributed by atoms with van der Waals surface area (Å²) in [6.45, 7) is 1.63. The molecule has 1 aliphatic rings. The molecule has 4 N–H and O–H groups in total. The number of rotatable bonds is 7. The summed E-state index contributed by atoms with van der Waals surface area (Å²) >= 11 is 0.725. The van der Waals surface area contributed by atoms with Crippen LogP contribution in [0.4, 0.5) is 10.7 Å². The quantitative estimate of drug-likeness (QED) is 0.377. The number of anilines is 1. The van der Waals surface area contributed by atoms with Gasteiger partial charge in [0.05, 0.1) is 4.92 Å². The maximum atomic E-state index is 12.1. The first-order chi connectivity index (χ1) is 9.94. The van der Waals surface area contributed by atoms with E-state index in [1.54, 1.807) is 0 Å². The number of thiophene rings is 1. The van der Waals surface area contributed by atoms with E-state index in [1.165, 1.54) is 0 Å². The standard InChI is InChI=1S/C10H16N4O5S2/c11-13-10-8(14(15)16)5-9(20-10)21(17,18)12-3-1-7-2-4-19-6-7/h5,7,12-13H,1-4,6,11H2. The van der Waals surface area contributed by atoms with Crippen LogP contribution < -0.4 is 16.0 Å². The molecule has 0 aromatic carbocycles. The summed E-state index contributed by atoms with van der Waals surface area (Å²) in [5, 5.41) is 10.8. The summed E-state index contributed by atoms with van der Waals surface area (Å²) in [6.07, 6.45) is 1.60. The third kappa shape index (κ3) is 3.89. The maximum Gasteiger partial charge on any atom is 0.306 e. The van der Waals surface area contributed by atoms with Crippen molar-refractivity contribution in [1.82, 2.24) is 4.72 Å². The number of nitrogen functional groups attached to an aromatic ring is 1. The Labute approximate surface area is 125 Å². The lowest BCUT2D eigenvalue weighted by atomic mass is 10.1. The van der Waals surface area contributed by atoms with Crippen LogP contribution in [-0.2, 0) is 14.8 Å². The number of hydrogen-bond acceptors (Lipinski definition) is 8. The number of hydrogen-bond donors (Lipinski definition) is 3. The van der Waals surface area contributed by atoms with Crippen molar-refractivity contribution in [3.05, 3.63) is 16.2 Å². The Balaban J connectivity index is 2.03. The van der Waals surface area contributed by atoms with Gasteiger partial charge in [-0.25, -0.2) is 19.0 Å². The normalized spacial score (nSPS) is 18.8. The van der Waals surface area contributed by atoms with Crippen LogP contribution in [0.25, 0.3) is 0 Å². The lowest BCUT2D eigenvalue weighted by molar-refractivity contribution is -0.383. The van der Waals surface area contributed by atoms with Crippen LogP contribution in [0.3, 0.4) is 0 Å². The van der Waals surface area contributed by atoms with E-state index in [0.717, 1.165) is 23.8 Å². The van der Waals surface area contributed by atoms with Crippen LogP contribution in [0.15, 0.2) is 10.3 Å². The first-order valence-electron chi connectivity index (χ1n) is 6.26. The number of nitrogens with zero attached hydrogens (tertiary/aromatic N) is 1. The minimum atomic E-state index is -3.77. The summed E-state index contributed by atoms with van der Waals surface area (Å²) in [5.41, 5.74) is 1.78. The molecule has 0 amide bonds. The summed E-state index contributed by atoms with van der Waals surface area (Å²) in [5.74, 6) is 5.51. The molecule has 1 aliphatic heterocycles. The molecule has 1 atom stereocenters. The minimum absolute atomic E-state index is 0.00423. The van der Waals surface area contributed by atoms with Crippen LogP contribution in [0, 0.1) is 16.0 Å². The Morgan fingerprint density at radius 1 is 1.57 bits per heavy atom. The van der Waals surface area contributed by atoms with Crippen LogP contribution in [0.2, 0.25) is 0 Å². The molecule has 1 saturated heterocycles. The molecule has 0 bridgehead atoms. The highest BCUT2D eigenvalue weighted by atomic mass is 32.2. The zero-order chi connectivity index (χ0) is 15.5. The molecule has 1 aromatic heterocycles. The predicted molar refractivity (Wildman–Crippen MR) is 77.5 cm³/mol. The van der Waals surface area contributed by atoms with E-state index in [4.69, 9.17) is 10.6 Å². The monoisotopic (exact) mass is 336 g/mol. The second-order valence-electron chi connectivity index (χ2n) is 4.60. The molecule has 9 nitrogen and oxygen atoms in total. The summed E-state index contributed by atoms with van der Waals surface area (Å²) in [7, 11) is -3.77. The van der Waals surface area contributed by atoms with E-state index in [9.17, 15) is 18.5 Å². The summed E-state index contributed by atoms with van der Waals surface area (Å²) < 4.78 is 31.7. The molecule has 0 saturated carbocycles. The lowest BCUT2D eigenvalue weighted by Crippen LogP contribution is -2.25. The van der Waals surface area contributed by atoms with Gasteiger partial charge in [-0.15, -0.1) is 0 Å². The van der Waals surface area contributed by atoms with E-state index in [0.29, 0.717) is 25.6 Å². The Bertz CT molecular complexity index is 609. The topological polar surface area (TPSA) is 137 Å². The molecule has 1 unspecified atom stereocenters. The molecule has 2 rings (SSSR count). The number of sulfonamides is 1. The largest absolute Gasteiger partial charge is 0.381 e. The molecule has 0 radical (unpaired) electrons. The number of nitro groups is 1. The first kappa shape index (κ1) is 16.1. The van der Waals surface area contributed by atoms with Crippen LogP contribution in [0.1, 0.15) is 12.8 Å². The fourth-order valence-electron chi connectivity index (χ4n) is 2.01. The lowest BCUT2D eigenvalue weighted by Gasteiger charge is -2.08. The number of ether oxygens (including phenoxy) is 1. The fraction of sp³-hybridized carbons (Fsp3) is 0.600. The van der Waals surface area contributed by atoms with Gasteiger partial charge in [0.1, 0.15) is 4.21 Å². The van der Waals surface area contributed by atoms with Crippen LogP contribution in [0.5, 0.6) is 0 Å². The van der Waals surface area contributed by atoms with E-state index in [1.807, 2.05) is 0 Å². The molecule has 1 aromatic rings. The van der Waals surface area contributed by atoms with Gasteiger partial charge in [0.2, 0.25) is 10.0 Å². The van der Waals surface area contributed by atoms with Crippen molar-refractivity contribution in [2.24, 2.45) is 11.8 Å². The Hall–Kier alpha value is -1.27. The van der Waals surface area contributed by atoms with Crippen molar-refractivity contribution in [3.8, 4) is 0 Å². The fourth-order valence-corrected chi connectivity index (χ4v) is 4.34. The van der Waals surface area contributed by atoms with Crippen molar-refractivity contribution in [3.63, 3.8) is 0 Å². The zero-order valence-electron chi connectivity index (χ0n) is 11.1. The number of nitrogens with one attached hydrogen (secondary N) is 2. The Kier molecular flexibility index (Phi) is 5.11. The average molecular weight is 336 g/mol. The molecule has 2 heterocycles. The number of hydrazine groups is 1. The highest BCUT2D eigenvalue weighted by Gasteiger charge is 2.26. The van der Waals surface area contributed by atoms with Crippen molar-refractivity contribution in [1.29, 1.82) is 0 Å². The third-order valence-electron chi connectivity index (χ3n) is 3.15. The number of nitrogens with two attached hydrogens (primary N) is 1. The predicted octanol–water partition coefficient (Wildman–Crippen LogP) is 0.647. The summed E-state index contributed by atoms with van der Waals surface area (Å²) in [6, 6.07) is 1.00. The van der Waals surface area contributed by atoms with Gasteiger partial charge >= 0.3 is 5.69 Å². The Morgan fingerprint density at radius 2 is 2.33 bits per heavy atom. The first-order valence-corrected chi connectivity index (χ1v) is 8.56. The molecule has 11 heteroatoms. The van der Waals surface area contributed by atoms with Gasteiger partial charge in [-0.1, -0.05) is 11.3 Å². The van der Waals surface area contributed by atoms with E-state index in [2.05, 4.69) is 10.1 Å². The van der Waals surface area contributed by atoms with Crippen LogP contribution in [-0.4, -0.2) is 33.1 Å². The van der Waals surface area contributed by atoms with Crippen molar-refractivity contribution in [2.45, 2.75) is 17.1 Å². The molecular weight excluding hydrogens is 320 g/mol. The molecule has 0 aliphatic carbocycles. The molecule has 1 fully saturated rings. The third-order valence-corrected chi connectivity index (χ3v) is 6.14. The van der Waals surface area contributed by atoms with Gasteiger partial charge in [0.25, 0.3) is 0 Å². The molecular formula is C10H16N4O5S2. The SMILES string of the molecule is NNc1sc(S(=O)(=O)NCCC2CCOC2)cc1[N+](=O)[O-]. The van der Waals surface area contributed by atoms with E-state index >= 15 is 0 Å². The average Bonchev–Trinajstić information content (AvgIpc) is 3.07. The van der Waals surface area contributed by atoms with Gasteiger partial charge in [-0.05, 0) is 18.8 Å². The van der Waals surface area contributed by atoms with Crippen molar-refractivity contribution >= 4 is 32.0 Å². The molecule has 0 spiro atoms. The highest BCUT2D eigenvalue weighted by molar-refractivity contribution is 7.91. The van der Waals surface area contributed by atoms with Gasteiger partial charge in [-0.3, -0.25) is 10.1 Å². The zero-order valence-corrected chi connectivity index (χ0v) is 12.7. The van der Waals surface area contributed by atoms with Gasteiger partial charge in [0, 0.05) is 25.8 Å². The summed E-state index contributed by atoms with van der Waals surface area (Å²) in [4.78, 5) is 10.1. The second-order valence-corrected chi connectivity index (χ2v) is 7.64. The van der Waals surface area contributed by atoms with Crippen LogP contribution >= 0.6 is 11.3 Å². The second kappa shape index (κ2) is 6.66. The Morgan fingerprint density at radius 3 is 2.86 bits per heavy atom. The highest BCUT2D eigenvalue weighted by Crippen LogP contribution is 2.36. The molecule has 118 valence electrons. The van der Waals surface area contributed by atoms with Gasteiger partial charge < -0.3 is 10.2 Å².